The minimum absolute atomic E-state index is 0.148. The van der Waals surface area contributed by atoms with E-state index < -0.39 is 29.0 Å². The lowest BCUT2D eigenvalue weighted by Gasteiger charge is -2.16. The second-order valence-electron chi connectivity index (χ2n) is 5.01. The minimum Gasteiger partial charge on any atom is -0.428 e. The number of ketones is 1. The summed E-state index contributed by atoms with van der Waals surface area (Å²) >= 11 is 0. The number of nitrogens with zero attached hydrogens (tertiary/aromatic N) is 1. The van der Waals surface area contributed by atoms with Crippen LogP contribution < -0.4 is 4.74 Å². The molecule has 136 valence electrons. The number of carbonyl (C=O) groups is 1. The number of halogens is 4. The van der Waals surface area contributed by atoms with E-state index in [9.17, 15) is 32.5 Å². The van der Waals surface area contributed by atoms with Crippen molar-refractivity contribution >= 4 is 17.5 Å². The van der Waals surface area contributed by atoms with E-state index in [1.165, 1.54) is 42.5 Å². The highest BCUT2D eigenvalue weighted by Gasteiger charge is 2.43. The quantitative estimate of drug-likeness (QED) is 0.233. The van der Waals surface area contributed by atoms with E-state index in [0.29, 0.717) is 0 Å². The van der Waals surface area contributed by atoms with Gasteiger partial charge < -0.3 is 4.74 Å². The van der Waals surface area contributed by atoms with E-state index >= 15 is 0 Å². The summed E-state index contributed by atoms with van der Waals surface area (Å²) in [7, 11) is 0. The lowest BCUT2D eigenvalue weighted by Crippen LogP contribution is -2.33. The smallest absolute Gasteiger partial charge is 0.428 e. The Morgan fingerprint density at radius 3 is 2.50 bits per heavy atom. The Balaban J connectivity index is 2.20. The van der Waals surface area contributed by atoms with Crippen LogP contribution in [-0.2, 0) is 0 Å². The van der Waals surface area contributed by atoms with Crippen molar-refractivity contribution in [3.05, 3.63) is 75.8 Å². The maximum Gasteiger partial charge on any atom is 0.461 e. The van der Waals surface area contributed by atoms with Crippen molar-refractivity contribution in [2.24, 2.45) is 0 Å². The first-order valence-corrected chi connectivity index (χ1v) is 7.11. The average Bonchev–Trinajstić information content (AvgIpc) is 2.59. The maximum absolute atomic E-state index is 12.9. The third kappa shape index (κ3) is 4.65. The first-order chi connectivity index (χ1) is 12.2. The summed E-state index contributed by atoms with van der Waals surface area (Å²) in [5, 5.41) is 10.9. The van der Waals surface area contributed by atoms with Crippen molar-refractivity contribution < 1.29 is 32.0 Å². The third-order valence-corrected chi connectivity index (χ3v) is 3.16. The number of allylic oxidation sites excluding steroid dienone is 1. The van der Waals surface area contributed by atoms with Crippen LogP contribution in [0, 0.1) is 10.1 Å². The summed E-state index contributed by atoms with van der Waals surface area (Å²) in [6.45, 7) is 0. The monoisotopic (exact) mass is 369 g/mol. The van der Waals surface area contributed by atoms with E-state index in [4.69, 9.17) is 0 Å². The summed E-state index contributed by atoms with van der Waals surface area (Å²) < 4.78 is 54.1. The van der Waals surface area contributed by atoms with E-state index in [2.05, 4.69) is 4.74 Å². The number of nitro benzene ring substituents is 1. The van der Waals surface area contributed by atoms with Crippen LogP contribution in [0.25, 0.3) is 6.08 Å². The normalized spacial score (nSPS) is 11.7. The van der Waals surface area contributed by atoms with Gasteiger partial charge in [0, 0.05) is 6.07 Å². The lowest BCUT2D eigenvalue weighted by atomic mass is 10.1. The molecule has 0 aliphatic carbocycles. The van der Waals surface area contributed by atoms with Gasteiger partial charge in [-0.2, -0.15) is 17.6 Å². The summed E-state index contributed by atoms with van der Waals surface area (Å²) in [4.78, 5) is 22.3. The van der Waals surface area contributed by atoms with E-state index in [1.54, 1.807) is 0 Å². The number of hydrogen-bond donors (Lipinski definition) is 0. The molecule has 9 heteroatoms. The van der Waals surface area contributed by atoms with Gasteiger partial charge in [0.2, 0.25) is 0 Å². The fourth-order valence-corrected chi connectivity index (χ4v) is 1.99. The average molecular weight is 369 g/mol. The molecule has 0 saturated carbocycles. The molecule has 26 heavy (non-hydrogen) atoms. The Hall–Kier alpha value is -3.23. The van der Waals surface area contributed by atoms with E-state index in [-0.39, 0.29) is 16.8 Å². The zero-order chi connectivity index (χ0) is 19.3. The van der Waals surface area contributed by atoms with Crippen LogP contribution in [0.4, 0.5) is 23.2 Å². The van der Waals surface area contributed by atoms with Crippen LogP contribution in [0.5, 0.6) is 5.75 Å². The number of alkyl halides is 4. The topological polar surface area (TPSA) is 69.4 Å². The van der Waals surface area contributed by atoms with Crippen LogP contribution in [0.2, 0.25) is 0 Å². The SMILES string of the molecule is O=C(/C=C/c1cccc(OC(F)(F)C(F)F)c1)c1ccccc1[N+](=O)[O-]. The molecule has 0 bridgehead atoms. The number of ether oxygens (including phenoxy) is 1. The molecule has 0 spiro atoms. The van der Waals surface area contributed by atoms with Gasteiger partial charge in [-0.1, -0.05) is 30.3 Å². The molecule has 2 aromatic carbocycles. The van der Waals surface area contributed by atoms with Crippen molar-refractivity contribution in [3.63, 3.8) is 0 Å². The van der Waals surface area contributed by atoms with Crippen molar-refractivity contribution in [2.75, 3.05) is 0 Å². The van der Waals surface area contributed by atoms with Crippen LogP contribution in [-0.4, -0.2) is 23.2 Å². The van der Waals surface area contributed by atoms with E-state index in [0.717, 1.165) is 18.2 Å². The molecule has 2 aromatic rings. The number of nitro groups is 1. The second kappa shape index (κ2) is 7.77. The highest BCUT2D eigenvalue weighted by Crippen LogP contribution is 2.28. The highest BCUT2D eigenvalue weighted by atomic mass is 19.3. The van der Waals surface area contributed by atoms with Crippen molar-refractivity contribution in [1.82, 2.24) is 0 Å². The Labute approximate surface area is 144 Å². The minimum atomic E-state index is -4.65. The summed E-state index contributed by atoms with van der Waals surface area (Å²) in [5.74, 6) is -1.20. The van der Waals surface area contributed by atoms with Gasteiger partial charge in [0.15, 0.2) is 5.78 Å². The molecular formula is C17H11F4NO4. The van der Waals surface area contributed by atoms with Crippen molar-refractivity contribution in [2.45, 2.75) is 12.5 Å². The number of carbonyl (C=O) groups excluding carboxylic acids is 1. The number of benzene rings is 2. The number of rotatable bonds is 7. The summed E-state index contributed by atoms with van der Waals surface area (Å²) in [5.41, 5.74) is -0.319. The zero-order valence-electron chi connectivity index (χ0n) is 12.9. The largest absolute Gasteiger partial charge is 0.461 e. The molecule has 0 saturated heterocycles. The molecule has 2 rings (SSSR count). The molecule has 0 heterocycles. The molecular weight excluding hydrogens is 358 g/mol. The first-order valence-electron chi connectivity index (χ1n) is 7.11. The molecule has 0 unspecified atom stereocenters. The fraction of sp³-hybridized carbons (Fsp3) is 0.118. The van der Waals surface area contributed by atoms with Gasteiger partial charge in [-0.15, -0.1) is 0 Å². The standard InChI is InChI=1S/C17H11F4NO4/c18-16(19)17(20,21)26-12-5-3-4-11(10-12)8-9-15(23)13-6-1-2-7-14(13)22(24)25/h1-10,16H/b9-8+. The number of para-hydroxylation sites is 1. The molecule has 0 aliphatic heterocycles. The maximum atomic E-state index is 12.9. The predicted octanol–water partition coefficient (Wildman–Crippen LogP) is 4.73. The van der Waals surface area contributed by atoms with Crippen LogP contribution in [0.1, 0.15) is 15.9 Å². The molecule has 5 nitrogen and oxygen atoms in total. The van der Waals surface area contributed by atoms with E-state index in [1.807, 2.05) is 0 Å². The third-order valence-electron chi connectivity index (χ3n) is 3.16. The second-order valence-corrected chi connectivity index (χ2v) is 5.01. The van der Waals surface area contributed by atoms with Crippen molar-refractivity contribution in [1.29, 1.82) is 0 Å². The van der Waals surface area contributed by atoms with Gasteiger partial charge in [0.25, 0.3) is 5.69 Å². The molecule has 0 aromatic heterocycles. The fourth-order valence-electron chi connectivity index (χ4n) is 1.99. The summed E-state index contributed by atoms with van der Waals surface area (Å²) in [6, 6.07) is 10.1. The van der Waals surface area contributed by atoms with Gasteiger partial charge in [-0.05, 0) is 29.8 Å². The van der Waals surface area contributed by atoms with Gasteiger partial charge in [0.05, 0.1) is 10.5 Å². The lowest BCUT2D eigenvalue weighted by molar-refractivity contribution is -0.385. The summed E-state index contributed by atoms with van der Waals surface area (Å²) in [6.07, 6.45) is -6.44. The molecule has 0 atom stereocenters. The molecule has 0 amide bonds. The van der Waals surface area contributed by atoms with Gasteiger partial charge in [0.1, 0.15) is 5.75 Å². The first kappa shape index (κ1) is 19.1. The predicted molar refractivity (Wildman–Crippen MR) is 84.5 cm³/mol. The van der Waals surface area contributed by atoms with Crippen LogP contribution >= 0.6 is 0 Å². The number of hydrogen-bond acceptors (Lipinski definition) is 4. The van der Waals surface area contributed by atoms with Gasteiger partial charge in [-0.3, -0.25) is 14.9 Å². The van der Waals surface area contributed by atoms with Gasteiger partial charge >= 0.3 is 12.5 Å². The van der Waals surface area contributed by atoms with Crippen LogP contribution in [0.15, 0.2) is 54.6 Å². The Kier molecular flexibility index (Phi) is 5.71. The Bertz CT molecular complexity index is 852. The Morgan fingerprint density at radius 1 is 1.15 bits per heavy atom. The zero-order valence-corrected chi connectivity index (χ0v) is 12.9. The van der Waals surface area contributed by atoms with Gasteiger partial charge in [-0.25, -0.2) is 0 Å². The Morgan fingerprint density at radius 2 is 1.85 bits per heavy atom. The molecule has 0 N–H and O–H groups in total. The molecule has 0 fully saturated rings. The van der Waals surface area contributed by atoms with Crippen molar-refractivity contribution in [3.8, 4) is 5.75 Å². The highest BCUT2D eigenvalue weighted by molar-refractivity contribution is 6.09. The molecule has 0 aliphatic rings. The molecule has 0 radical (unpaired) electrons. The van der Waals surface area contributed by atoms with Crippen LogP contribution in [0.3, 0.4) is 0 Å².